The lowest BCUT2D eigenvalue weighted by molar-refractivity contribution is -0.137. The van der Waals surface area contributed by atoms with Crippen LogP contribution in [0.1, 0.15) is 27.0 Å². The van der Waals surface area contributed by atoms with E-state index in [0.29, 0.717) is 11.1 Å². The summed E-state index contributed by atoms with van der Waals surface area (Å²) >= 11 is 6.34. The minimum absolute atomic E-state index is 0.0496. The molecular formula is C26H18ClF3N2O5. The number of halogens is 4. The average molecular weight is 531 g/mol. The Balaban J connectivity index is 1.79. The van der Waals surface area contributed by atoms with E-state index in [1.54, 1.807) is 18.2 Å². The van der Waals surface area contributed by atoms with Gasteiger partial charge in [-0.05, 0) is 59.7 Å². The maximum Gasteiger partial charge on any atom is 0.416 e. The van der Waals surface area contributed by atoms with Crippen molar-refractivity contribution < 1.29 is 37.3 Å². The van der Waals surface area contributed by atoms with Gasteiger partial charge in [-0.25, -0.2) is 4.79 Å². The van der Waals surface area contributed by atoms with Crippen molar-refractivity contribution in [1.82, 2.24) is 0 Å². The molecule has 0 bridgehead atoms. The van der Waals surface area contributed by atoms with Gasteiger partial charge < -0.3 is 19.9 Å². The zero-order valence-corrected chi connectivity index (χ0v) is 19.9. The van der Waals surface area contributed by atoms with Crippen molar-refractivity contribution in [3.8, 4) is 17.6 Å². The summed E-state index contributed by atoms with van der Waals surface area (Å²) in [5.41, 5.74) is -0.362. The van der Waals surface area contributed by atoms with E-state index < -0.39 is 23.6 Å². The number of ether oxygens (including phenoxy) is 2. The first-order valence-electron chi connectivity index (χ1n) is 10.4. The van der Waals surface area contributed by atoms with Gasteiger partial charge in [0, 0.05) is 5.69 Å². The molecule has 0 saturated heterocycles. The predicted octanol–water partition coefficient (Wildman–Crippen LogP) is 6.19. The van der Waals surface area contributed by atoms with Gasteiger partial charge in [-0.2, -0.15) is 18.4 Å². The topological polar surface area (TPSA) is 109 Å². The minimum Gasteiger partial charge on any atom is -0.493 e. The molecule has 0 fully saturated rings. The largest absolute Gasteiger partial charge is 0.493 e. The van der Waals surface area contributed by atoms with Gasteiger partial charge in [-0.15, -0.1) is 0 Å². The van der Waals surface area contributed by atoms with E-state index in [0.717, 1.165) is 18.2 Å². The molecule has 0 aliphatic heterocycles. The lowest BCUT2D eigenvalue weighted by atomic mass is 10.1. The molecule has 37 heavy (non-hydrogen) atoms. The molecule has 0 aliphatic rings. The van der Waals surface area contributed by atoms with Crippen molar-refractivity contribution in [1.29, 1.82) is 5.26 Å². The molecule has 0 aromatic heterocycles. The Hall–Kier alpha value is -4.49. The minimum atomic E-state index is -4.59. The van der Waals surface area contributed by atoms with E-state index in [-0.39, 0.29) is 40.0 Å². The normalized spacial score (nSPS) is 11.4. The highest BCUT2D eigenvalue weighted by atomic mass is 35.5. The van der Waals surface area contributed by atoms with E-state index in [2.05, 4.69) is 5.32 Å². The van der Waals surface area contributed by atoms with Crippen molar-refractivity contribution in [3.63, 3.8) is 0 Å². The lowest BCUT2D eigenvalue weighted by Crippen LogP contribution is -2.14. The second kappa shape index (κ2) is 11.5. The molecule has 3 rings (SSSR count). The van der Waals surface area contributed by atoms with Gasteiger partial charge in [-0.3, -0.25) is 4.79 Å². The number of methoxy groups -OCH3 is 1. The first-order valence-corrected chi connectivity index (χ1v) is 10.8. The van der Waals surface area contributed by atoms with E-state index in [9.17, 15) is 28.0 Å². The number of carboxylic acid groups (broad SMARTS) is 1. The number of alkyl halides is 3. The lowest BCUT2D eigenvalue weighted by Gasteiger charge is -2.14. The number of nitrogens with zero attached hydrogens (tertiary/aromatic N) is 1. The number of rotatable bonds is 8. The van der Waals surface area contributed by atoms with Gasteiger partial charge in [0.15, 0.2) is 11.5 Å². The molecule has 0 atom stereocenters. The monoisotopic (exact) mass is 530 g/mol. The third kappa shape index (κ3) is 7.02. The van der Waals surface area contributed by atoms with Gasteiger partial charge >= 0.3 is 12.1 Å². The van der Waals surface area contributed by atoms with Crippen LogP contribution >= 0.6 is 11.6 Å². The molecule has 11 heteroatoms. The molecular weight excluding hydrogens is 513 g/mol. The van der Waals surface area contributed by atoms with Crippen molar-refractivity contribution in [2.45, 2.75) is 12.8 Å². The number of carbonyl (C=O) groups excluding carboxylic acids is 1. The van der Waals surface area contributed by atoms with Crippen LogP contribution < -0.4 is 14.8 Å². The van der Waals surface area contributed by atoms with Gasteiger partial charge in [-0.1, -0.05) is 29.8 Å². The van der Waals surface area contributed by atoms with Crippen LogP contribution in [0.5, 0.6) is 11.5 Å². The summed E-state index contributed by atoms with van der Waals surface area (Å²) in [7, 11) is 1.36. The van der Waals surface area contributed by atoms with Crippen LogP contribution in [0.2, 0.25) is 5.02 Å². The Bertz CT molecular complexity index is 1400. The fourth-order valence-electron chi connectivity index (χ4n) is 3.15. The van der Waals surface area contributed by atoms with Crippen LogP contribution in [0.25, 0.3) is 6.08 Å². The number of carbonyl (C=O) groups is 2. The second-order valence-corrected chi connectivity index (χ2v) is 7.93. The first kappa shape index (κ1) is 27.1. The van der Waals surface area contributed by atoms with Crippen LogP contribution in [0, 0.1) is 11.3 Å². The molecule has 7 nitrogen and oxygen atoms in total. The van der Waals surface area contributed by atoms with Crippen LogP contribution in [0.4, 0.5) is 18.9 Å². The number of anilines is 1. The van der Waals surface area contributed by atoms with Crippen LogP contribution in [0.3, 0.4) is 0 Å². The standard InChI is InChI=1S/C26H18ClF3N2O5/c1-36-22-11-16(10-21(27)23(22)37-14-15-5-7-17(8-6-15)25(34)35)9-18(13-31)24(33)32-20-4-2-3-19(12-20)26(28,29)30/h2-12H,14H2,1H3,(H,32,33)(H,34,35)/b18-9+. The Morgan fingerprint density at radius 2 is 1.84 bits per heavy atom. The molecule has 190 valence electrons. The molecule has 0 spiro atoms. The highest BCUT2D eigenvalue weighted by Gasteiger charge is 2.30. The van der Waals surface area contributed by atoms with Crippen LogP contribution in [0.15, 0.2) is 66.2 Å². The van der Waals surface area contributed by atoms with Gasteiger partial charge in [0.1, 0.15) is 18.2 Å². The number of aromatic carboxylic acids is 1. The molecule has 0 aliphatic carbocycles. The SMILES string of the molecule is COc1cc(/C=C(\C#N)C(=O)Nc2cccc(C(F)(F)F)c2)cc(Cl)c1OCc1ccc(C(=O)O)cc1. The fourth-order valence-corrected chi connectivity index (χ4v) is 3.42. The van der Waals surface area contributed by atoms with E-state index in [4.69, 9.17) is 26.2 Å². The summed E-state index contributed by atoms with van der Waals surface area (Å²) in [6, 6.07) is 14.7. The van der Waals surface area contributed by atoms with E-state index in [1.807, 2.05) is 0 Å². The van der Waals surface area contributed by atoms with Crippen molar-refractivity contribution in [3.05, 3.63) is 93.5 Å². The number of amides is 1. The Kier molecular flexibility index (Phi) is 8.42. The number of benzene rings is 3. The summed E-state index contributed by atoms with van der Waals surface area (Å²) in [5, 5.41) is 20.8. The highest BCUT2D eigenvalue weighted by Crippen LogP contribution is 2.37. The van der Waals surface area contributed by atoms with Crippen LogP contribution in [-0.2, 0) is 17.6 Å². The Morgan fingerprint density at radius 3 is 2.43 bits per heavy atom. The molecule has 1 amide bonds. The maximum atomic E-state index is 12.9. The number of carboxylic acids is 1. The molecule has 3 aromatic rings. The molecule has 2 N–H and O–H groups in total. The average Bonchev–Trinajstić information content (AvgIpc) is 2.86. The molecule has 0 saturated carbocycles. The molecule has 0 unspecified atom stereocenters. The van der Waals surface area contributed by atoms with Gasteiger partial charge in [0.2, 0.25) is 0 Å². The third-order valence-electron chi connectivity index (χ3n) is 4.96. The Morgan fingerprint density at radius 1 is 1.14 bits per heavy atom. The number of hydrogen-bond donors (Lipinski definition) is 2. The molecule has 0 radical (unpaired) electrons. The van der Waals surface area contributed by atoms with E-state index in [1.165, 1.54) is 43.5 Å². The zero-order valence-electron chi connectivity index (χ0n) is 19.1. The number of nitriles is 1. The quantitative estimate of drug-likeness (QED) is 0.265. The summed E-state index contributed by atoms with van der Waals surface area (Å²) in [5.74, 6) is -1.60. The maximum absolute atomic E-state index is 12.9. The fraction of sp³-hybridized carbons (Fsp3) is 0.115. The predicted molar refractivity (Wildman–Crippen MR) is 129 cm³/mol. The van der Waals surface area contributed by atoms with Crippen molar-refractivity contribution in [2.75, 3.05) is 12.4 Å². The smallest absolute Gasteiger partial charge is 0.416 e. The number of nitrogens with one attached hydrogen (secondary N) is 1. The first-order chi connectivity index (χ1) is 17.5. The second-order valence-electron chi connectivity index (χ2n) is 7.53. The summed E-state index contributed by atoms with van der Waals surface area (Å²) < 4.78 is 49.8. The van der Waals surface area contributed by atoms with Gasteiger partial charge in [0.05, 0.1) is 23.3 Å². The van der Waals surface area contributed by atoms with Crippen molar-refractivity contribution >= 4 is 35.2 Å². The van der Waals surface area contributed by atoms with Gasteiger partial charge in [0.25, 0.3) is 5.91 Å². The van der Waals surface area contributed by atoms with Crippen molar-refractivity contribution in [2.24, 2.45) is 0 Å². The third-order valence-corrected chi connectivity index (χ3v) is 5.24. The summed E-state index contributed by atoms with van der Waals surface area (Å²) in [6.45, 7) is 0.0496. The summed E-state index contributed by atoms with van der Waals surface area (Å²) in [6.07, 6.45) is -3.39. The zero-order chi connectivity index (χ0) is 27.2. The molecule has 3 aromatic carbocycles. The highest BCUT2D eigenvalue weighted by molar-refractivity contribution is 6.32. The van der Waals surface area contributed by atoms with E-state index >= 15 is 0 Å². The van der Waals surface area contributed by atoms with Crippen LogP contribution in [-0.4, -0.2) is 24.1 Å². The Labute approximate surface area is 214 Å². The number of hydrogen-bond acceptors (Lipinski definition) is 5. The summed E-state index contributed by atoms with van der Waals surface area (Å²) in [4.78, 5) is 23.5. The molecule has 0 heterocycles.